The van der Waals surface area contributed by atoms with Crippen molar-refractivity contribution in [3.05, 3.63) is 75.3 Å². The summed E-state index contributed by atoms with van der Waals surface area (Å²) < 4.78 is 0. The van der Waals surface area contributed by atoms with E-state index in [2.05, 4.69) is 5.32 Å². The number of urea groups is 1. The summed E-state index contributed by atoms with van der Waals surface area (Å²) in [5.41, 5.74) is 0.392. The van der Waals surface area contributed by atoms with E-state index in [1.165, 1.54) is 31.2 Å². The topological polar surface area (TPSA) is 110 Å². The lowest BCUT2D eigenvalue weighted by molar-refractivity contribution is -0.384. The van der Waals surface area contributed by atoms with Gasteiger partial charge in [-0.15, -0.1) is 0 Å². The number of ketones is 1. The summed E-state index contributed by atoms with van der Waals surface area (Å²) in [6, 6.07) is 11.7. The van der Waals surface area contributed by atoms with Crippen molar-refractivity contribution in [3.63, 3.8) is 0 Å². The SMILES string of the molecule is CCc1ccc(C(=O)CN2C(=O)N[C@@](C)(c3ccc([N+](=O)[O-])cc3)C2=O)cc1. The zero-order valence-electron chi connectivity index (χ0n) is 15.5. The van der Waals surface area contributed by atoms with Crippen LogP contribution >= 0.6 is 0 Å². The third-order valence-corrected chi connectivity index (χ3v) is 4.92. The predicted molar refractivity (Wildman–Crippen MR) is 101 cm³/mol. The Morgan fingerprint density at radius 3 is 2.25 bits per heavy atom. The van der Waals surface area contributed by atoms with Gasteiger partial charge < -0.3 is 5.32 Å². The molecule has 0 radical (unpaired) electrons. The minimum atomic E-state index is -1.39. The average molecular weight is 381 g/mol. The van der Waals surface area contributed by atoms with Crippen LogP contribution < -0.4 is 5.32 Å². The number of non-ortho nitro benzene ring substituents is 1. The van der Waals surface area contributed by atoms with Gasteiger partial charge in [0.25, 0.3) is 11.6 Å². The first-order valence-electron chi connectivity index (χ1n) is 8.77. The smallest absolute Gasteiger partial charge is 0.319 e. The van der Waals surface area contributed by atoms with Crippen LogP contribution in [0.25, 0.3) is 0 Å². The first kappa shape index (κ1) is 19.2. The maximum absolute atomic E-state index is 12.9. The number of nitrogens with zero attached hydrogens (tertiary/aromatic N) is 2. The summed E-state index contributed by atoms with van der Waals surface area (Å²) in [5, 5.41) is 13.4. The minimum Gasteiger partial charge on any atom is -0.319 e. The average Bonchev–Trinajstić information content (AvgIpc) is 2.92. The fraction of sp³-hybridized carbons (Fsp3) is 0.250. The van der Waals surface area contributed by atoms with Crippen LogP contribution in [-0.2, 0) is 16.8 Å². The Balaban J connectivity index is 1.80. The maximum Gasteiger partial charge on any atom is 0.325 e. The first-order chi connectivity index (χ1) is 13.3. The summed E-state index contributed by atoms with van der Waals surface area (Å²) in [6.45, 7) is 3.14. The van der Waals surface area contributed by atoms with Gasteiger partial charge in [-0.05, 0) is 36.6 Å². The van der Waals surface area contributed by atoms with Crippen molar-refractivity contribution in [2.24, 2.45) is 0 Å². The molecule has 0 saturated carbocycles. The van der Waals surface area contributed by atoms with E-state index in [1.807, 2.05) is 19.1 Å². The molecular formula is C20H19N3O5. The van der Waals surface area contributed by atoms with Gasteiger partial charge in [-0.3, -0.25) is 24.6 Å². The number of benzene rings is 2. The number of imide groups is 1. The van der Waals surface area contributed by atoms with Gasteiger partial charge in [-0.1, -0.05) is 31.2 Å². The van der Waals surface area contributed by atoms with Crippen LogP contribution in [0.3, 0.4) is 0 Å². The van der Waals surface area contributed by atoms with E-state index in [0.29, 0.717) is 11.1 Å². The van der Waals surface area contributed by atoms with Crippen LogP contribution in [0.1, 0.15) is 35.3 Å². The van der Waals surface area contributed by atoms with Crippen molar-refractivity contribution in [3.8, 4) is 0 Å². The lowest BCUT2D eigenvalue weighted by Crippen LogP contribution is -2.41. The molecule has 2 aromatic carbocycles. The molecule has 8 heteroatoms. The van der Waals surface area contributed by atoms with Crippen LogP contribution in [0.15, 0.2) is 48.5 Å². The predicted octanol–water partition coefficient (Wildman–Crippen LogP) is 2.81. The Morgan fingerprint density at radius 2 is 1.71 bits per heavy atom. The Bertz CT molecular complexity index is 953. The number of aryl methyl sites for hydroxylation is 1. The number of Topliss-reactive ketones (excluding diaryl/α,β-unsaturated/α-hetero) is 1. The van der Waals surface area contributed by atoms with Crippen LogP contribution in [-0.4, -0.2) is 34.1 Å². The Hall–Kier alpha value is -3.55. The number of carbonyl (C=O) groups is 3. The third kappa shape index (κ3) is 3.36. The number of rotatable bonds is 6. The van der Waals surface area contributed by atoms with E-state index in [1.54, 1.807) is 12.1 Å². The number of carbonyl (C=O) groups excluding carboxylic acids is 3. The molecule has 1 heterocycles. The van der Waals surface area contributed by atoms with Gasteiger partial charge in [0.05, 0.1) is 11.5 Å². The highest BCUT2D eigenvalue weighted by Gasteiger charge is 2.49. The summed E-state index contributed by atoms with van der Waals surface area (Å²) >= 11 is 0. The van der Waals surface area contributed by atoms with Gasteiger partial charge in [0.1, 0.15) is 5.54 Å². The van der Waals surface area contributed by atoms with E-state index in [-0.39, 0.29) is 18.0 Å². The van der Waals surface area contributed by atoms with Crippen molar-refractivity contribution in [1.82, 2.24) is 10.2 Å². The minimum absolute atomic E-state index is 0.119. The Kier molecular flexibility index (Phi) is 4.96. The third-order valence-electron chi connectivity index (χ3n) is 4.92. The molecule has 2 aromatic rings. The fourth-order valence-corrected chi connectivity index (χ4v) is 3.11. The molecule has 1 saturated heterocycles. The van der Waals surface area contributed by atoms with Crippen molar-refractivity contribution >= 4 is 23.4 Å². The molecule has 28 heavy (non-hydrogen) atoms. The molecule has 0 aliphatic carbocycles. The van der Waals surface area contributed by atoms with E-state index in [0.717, 1.165) is 16.9 Å². The molecule has 0 aromatic heterocycles. The molecule has 0 spiro atoms. The van der Waals surface area contributed by atoms with Gasteiger partial charge in [-0.25, -0.2) is 4.79 Å². The first-order valence-corrected chi connectivity index (χ1v) is 8.77. The van der Waals surface area contributed by atoms with E-state index >= 15 is 0 Å². The van der Waals surface area contributed by atoms with Gasteiger partial charge >= 0.3 is 6.03 Å². The highest BCUT2D eigenvalue weighted by Crippen LogP contribution is 2.30. The second kappa shape index (κ2) is 7.22. The highest BCUT2D eigenvalue weighted by molar-refractivity contribution is 6.11. The molecule has 1 fully saturated rings. The molecule has 3 rings (SSSR count). The van der Waals surface area contributed by atoms with Gasteiger partial charge in [0.2, 0.25) is 0 Å². The standard InChI is InChI=1S/C20H19N3O5/c1-3-13-4-6-14(7-5-13)17(24)12-22-18(25)20(2,21-19(22)26)15-8-10-16(11-9-15)23(27)28/h4-11H,3,12H2,1-2H3,(H,21,26)/t20-/m0/s1. The van der Waals surface area contributed by atoms with Gasteiger partial charge in [0.15, 0.2) is 5.78 Å². The van der Waals surface area contributed by atoms with Crippen molar-refractivity contribution < 1.29 is 19.3 Å². The molecule has 0 bridgehead atoms. The largest absolute Gasteiger partial charge is 0.325 e. The summed E-state index contributed by atoms with van der Waals surface area (Å²) in [7, 11) is 0. The Labute approximate surface area is 161 Å². The summed E-state index contributed by atoms with van der Waals surface area (Å²) in [4.78, 5) is 48.9. The van der Waals surface area contributed by atoms with Crippen LogP contribution in [0, 0.1) is 10.1 Å². The molecule has 0 unspecified atom stereocenters. The van der Waals surface area contributed by atoms with Gasteiger partial charge in [0, 0.05) is 17.7 Å². The molecular weight excluding hydrogens is 362 g/mol. The number of nitro benzene ring substituents is 1. The quantitative estimate of drug-likeness (QED) is 0.358. The van der Waals surface area contributed by atoms with Gasteiger partial charge in [-0.2, -0.15) is 0 Å². The molecule has 1 aliphatic heterocycles. The van der Waals surface area contributed by atoms with E-state index < -0.39 is 22.4 Å². The molecule has 1 atom stereocenters. The molecule has 8 nitrogen and oxygen atoms in total. The van der Waals surface area contributed by atoms with Crippen molar-refractivity contribution in [2.75, 3.05) is 6.54 Å². The number of nitrogens with one attached hydrogen (secondary N) is 1. The highest BCUT2D eigenvalue weighted by atomic mass is 16.6. The lowest BCUT2D eigenvalue weighted by Gasteiger charge is -2.22. The normalized spacial score (nSPS) is 18.9. The van der Waals surface area contributed by atoms with Crippen molar-refractivity contribution in [1.29, 1.82) is 0 Å². The zero-order valence-corrected chi connectivity index (χ0v) is 15.5. The second-order valence-corrected chi connectivity index (χ2v) is 6.72. The van der Waals surface area contributed by atoms with E-state index in [4.69, 9.17) is 0 Å². The molecule has 1 N–H and O–H groups in total. The molecule has 1 aliphatic rings. The van der Waals surface area contributed by atoms with Crippen LogP contribution in [0.2, 0.25) is 0 Å². The molecule has 3 amide bonds. The lowest BCUT2D eigenvalue weighted by atomic mass is 9.92. The number of nitro groups is 1. The van der Waals surface area contributed by atoms with Crippen molar-refractivity contribution in [2.45, 2.75) is 25.8 Å². The molecule has 144 valence electrons. The number of amides is 3. The summed E-state index contributed by atoms with van der Waals surface area (Å²) in [6.07, 6.45) is 0.842. The van der Waals surface area contributed by atoms with Crippen LogP contribution in [0.5, 0.6) is 0 Å². The maximum atomic E-state index is 12.9. The van der Waals surface area contributed by atoms with E-state index in [9.17, 15) is 24.5 Å². The zero-order chi connectivity index (χ0) is 20.5. The Morgan fingerprint density at radius 1 is 1.11 bits per heavy atom. The number of hydrogen-bond acceptors (Lipinski definition) is 5. The summed E-state index contributed by atoms with van der Waals surface area (Å²) in [5.74, 6) is -0.927. The van der Waals surface area contributed by atoms with Crippen LogP contribution in [0.4, 0.5) is 10.5 Å². The monoisotopic (exact) mass is 381 g/mol. The fourth-order valence-electron chi connectivity index (χ4n) is 3.11. The second-order valence-electron chi connectivity index (χ2n) is 6.72. The number of hydrogen-bond donors (Lipinski definition) is 1.